The highest BCUT2D eigenvalue weighted by Crippen LogP contribution is 2.28. The topological polar surface area (TPSA) is 64.7 Å². The molecule has 0 fully saturated rings. The molecule has 0 saturated carbocycles. The molecule has 0 aromatic heterocycles. The highest BCUT2D eigenvalue weighted by molar-refractivity contribution is 5.35. The van der Waals surface area contributed by atoms with E-state index in [1.807, 2.05) is 55.5 Å². The molecule has 0 aliphatic rings. The van der Waals surface area contributed by atoms with Gasteiger partial charge in [-0.1, -0.05) is 30.3 Å². The first-order valence-corrected chi connectivity index (χ1v) is 6.90. The summed E-state index contributed by atoms with van der Waals surface area (Å²) in [4.78, 5) is 0. The van der Waals surface area contributed by atoms with Gasteiger partial charge in [-0.05, 0) is 30.7 Å². The Balaban J connectivity index is 2.26. The number of rotatable bonds is 6. The largest absolute Gasteiger partial charge is 0.497 e. The molecular weight excluding hydrogens is 266 g/mol. The van der Waals surface area contributed by atoms with Crippen LogP contribution in [0.2, 0.25) is 0 Å². The van der Waals surface area contributed by atoms with Crippen LogP contribution in [0.1, 0.15) is 24.2 Å². The number of aliphatic hydroxyl groups is 1. The molecule has 0 spiro atoms. The molecule has 2 unspecified atom stereocenters. The molecule has 3 N–H and O–H groups in total. The van der Waals surface area contributed by atoms with Gasteiger partial charge in [0.2, 0.25) is 0 Å². The van der Waals surface area contributed by atoms with Gasteiger partial charge in [0, 0.05) is 11.6 Å². The van der Waals surface area contributed by atoms with E-state index in [4.69, 9.17) is 15.2 Å². The van der Waals surface area contributed by atoms with E-state index >= 15 is 0 Å². The van der Waals surface area contributed by atoms with E-state index in [0.29, 0.717) is 5.75 Å². The summed E-state index contributed by atoms with van der Waals surface area (Å²) in [5.41, 5.74) is 7.78. The molecule has 0 amide bonds. The Bertz CT molecular complexity index is 567. The van der Waals surface area contributed by atoms with Crippen LogP contribution in [0.3, 0.4) is 0 Å². The molecule has 4 heteroatoms. The predicted octanol–water partition coefficient (Wildman–Crippen LogP) is 2.65. The Morgan fingerprint density at radius 1 is 1.10 bits per heavy atom. The van der Waals surface area contributed by atoms with E-state index in [2.05, 4.69) is 0 Å². The second kappa shape index (κ2) is 7.11. The molecule has 0 bridgehead atoms. The third kappa shape index (κ3) is 3.74. The first kappa shape index (κ1) is 15.4. The van der Waals surface area contributed by atoms with Crippen molar-refractivity contribution < 1.29 is 14.6 Å². The number of nitrogens with two attached hydrogens (primary N) is 1. The summed E-state index contributed by atoms with van der Waals surface area (Å²) in [7, 11) is 1.63. The highest BCUT2D eigenvalue weighted by atomic mass is 16.5. The summed E-state index contributed by atoms with van der Waals surface area (Å²) < 4.78 is 11.2. The van der Waals surface area contributed by atoms with Gasteiger partial charge in [0.15, 0.2) is 0 Å². The molecule has 0 saturated heterocycles. The molecular formula is C17H21NO3. The first-order chi connectivity index (χ1) is 10.2. The second-order valence-electron chi connectivity index (χ2n) is 4.94. The monoisotopic (exact) mass is 287 g/mol. The maximum absolute atomic E-state index is 9.38. The smallest absolute Gasteiger partial charge is 0.138 e. The molecule has 2 aromatic rings. The number of benzene rings is 2. The maximum Gasteiger partial charge on any atom is 0.138 e. The standard InChI is InChI=1S/C17H21NO3/c1-12(18)17(13-7-9-15(20-2)10-8-13)21-16-6-4-3-5-14(16)11-19/h3-10,12,17,19H,11,18H2,1-2H3. The average molecular weight is 287 g/mol. The summed E-state index contributed by atoms with van der Waals surface area (Å²) in [6.45, 7) is 1.83. The fourth-order valence-electron chi connectivity index (χ4n) is 2.16. The minimum absolute atomic E-state index is 0.0650. The van der Waals surface area contributed by atoms with Gasteiger partial charge in [0.1, 0.15) is 17.6 Å². The third-order valence-electron chi connectivity index (χ3n) is 3.32. The van der Waals surface area contributed by atoms with Crippen LogP contribution in [-0.4, -0.2) is 18.3 Å². The molecule has 0 aliphatic carbocycles. The molecule has 2 atom stereocenters. The van der Waals surface area contributed by atoms with Crippen molar-refractivity contribution in [3.63, 3.8) is 0 Å². The Labute approximate surface area is 125 Å². The fraction of sp³-hybridized carbons (Fsp3) is 0.294. The summed E-state index contributed by atoms with van der Waals surface area (Å²) in [5.74, 6) is 1.44. The minimum Gasteiger partial charge on any atom is -0.497 e. The molecule has 2 aromatic carbocycles. The lowest BCUT2D eigenvalue weighted by molar-refractivity contribution is 0.173. The van der Waals surface area contributed by atoms with Crippen molar-refractivity contribution in [3.05, 3.63) is 59.7 Å². The quantitative estimate of drug-likeness (QED) is 0.857. The van der Waals surface area contributed by atoms with Crippen molar-refractivity contribution in [2.45, 2.75) is 25.7 Å². The van der Waals surface area contributed by atoms with Gasteiger partial charge in [-0.15, -0.1) is 0 Å². The van der Waals surface area contributed by atoms with Crippen LogP contribution in [0.25, 0.3) is 0 Å². The van der Waals surface area contributed by atoms with Gasteiger partial charge < -0.3 is 20.3 Å². The number of methoxy groups -OCH3 is 1. The number of hydrogen-bond donors (Lipinski definition) is 2. The van der Waals surface area contributed by atoms with E-state index in [9.17, 15) is 5.11 Å². The number of hydrogen-bond acceptors (Lipinski definition) is 4. The Kier molecular flexibility index (Phi) is 5.20. The molecule has 2 rings (SSSR count). The Hall–Kier alpha value is -2.04. The molecule has 112 valence electrons. The molecule has 0 heterocycles. The van der Waals surface area contributed by atoms with Crippen LogP contribution < -0.4 is 15.2 Å². The van der Waals surface area contributed by atoms with E-state index < -0.39 is 0 Å². The Morgan fingerprint density at radius 3 is 2.33 bits per heavy atom. The van der Waals surface area contributed by atoms with E-state index in [0.717, 1.165) is 16.9 Å². The SMILES string of the molecule is COc1ccc(C(Oc2ccccc2CO)C(C)N)cc1. The predicted molar refractivity (Wildman–Crippen MR) is 82.4 cm³/mol. The van der Waals surface area contributed by atoms with Crippen molar-refractivity contribution in [1.29, 1.82) is 0 Å². The van der Waals surface area contributed by atoms with Crippen LogP contribution in [0.15, 0.2) is 48.5 Å². The normalized spacial score (nSPS) is 13.5. The van der Waals surface area contributed by atoms with Crippen LogP contribution in [0.4, 0.5) is 0 Å². The van der Waals surface area contributed by atoms with Gasteiger partial charge in [-0.25, -0.2) is 0 Å². The maximum atomic E-state index is 9.38. The van der Waals surface area contributed by atoms with Gasteiger partial charge in [-0.3, -0.25) is 0 Å². The van der Waals surface area contributed by atoms with Crippen molar-refractivity contribution in [2.75, 3.05) is 7.11 Å². The van der Waals surface area contributed by atoms with Gasteiger partial charge in [0.25, 0.3) is 0 Å². The molecule has 4 nitrogen and oxygen atoms in total. The summed E-state index contributed by atoms with van der Waals surface area (Å²) >= 11 is 0. The molecule has 0 radical (unpaired) electrons. The number of para-hydroxylation sites is 1. The number of aliphatic hydroxyl groups excluding tert-OH is 1. The third-order valence-corrected chi connectivity index (χ3v) is 3.32. The lowest BCUT2D eigenvalue weighted by Crippen LogP contribution is -2.29. The zero-order valence-electron chi connectivity index (χ0n) is 12.3. The van der Waals surface area contributed by atoms with Crippen LogP contribution in [0, 0.1) is 0 Å². The Morgan fingerprint density at radius 2 is 1.76 bits per heavy atom. The second-order valence-corrected chi connectivity index (χ2v) is 4.94. The zero-order chi connectivity index (χ0) is 15.2. The molecule has 21 heavy (non-hydrogen) atoms. The highest BCUT2D eigenvalue weighted by Gasteiger charge is 2.19. The van der Waals surface area contributed by atoms with E-state index in [-0.39, 0.29) is 18.8 Å². The van der Waals surface area contributed by atoms with Crippen molar-refractivity contribution in [2.24, 2.45) is 5.73 Å². The lowest BCUT2D eigenvalue weighted by atomic mass is 10.0. The lowest BCUT2D eigenvalue weighted by Gasteiger charge is -2.24. The number of ether oxygens (including phenoxy) is 2. The van der Waals surface area contributed by atoms with Gasteiger partial charge in [0.05, 0.1) is 13.7 Å². The minimum atomic E-state index is -0.288. The summed E-state index contributed by atoms with van der Waals surface area (Å²) in [6.07, 6.45) is -0.288. The summed E-state index contributed by atoms with van der Waals surface area (Å²) in [6, 6.07) is 14.9. The zero-order valence-corrected chi connectivity index (χ0v) is 12.3. The van der Waals surface area contributed by atoms with Gasteiger partial charge >= 0.3 is 0 Å². The van der Waals surface area contributed by atoms with Crippen molar-refractivity contribution >= 4 is 0 Å². The van der Waals surface area contributed by atoms with E-state index in [1.165, 1.54) is 0 Å². The van der Waals surface area contributed by atoms with Crippen molar-refractivity contribution in [3.8, 4) is 11.5 Å². The van der Waals surface area contributed by atoms with E-state index in [1.54, 1.807) is 7.11 Å². The first-order valence-electron chi connectivity index (χ1n) is 6.90. The summed E-state index contributed by atoms with van der Waals surface area (Å²) in [5, 5.41) is 9.38. The van der Waals surface area contributed by atoms with Crippen LogP contribution in [0.5, 0.6) is 11.5 Å². The average Bonchev–Trinajstić information content (AvgIpc) is 2.53. The van der Waals surface area contributed by atoms with Crippen LogP contribution >= 0.6 is 0 Å². The molecule has 0 aliphatic heterocycles. The van der Waals surface area contributed by atoms with Crippen LogP contribution in [-0.2, 0) is 6.61 Å². The van der Waals surface area contributed by atoms with Gasteiger partial charge in [-0.2, -0.15) is 0 Å². The van der Waals surface area contributed by atoms with Crippen molar-refractivity contribution in [1.82, 2.24) is 0 Å². The fourth-order valence-corrected chi connectivity index (χ4v) is 2.16.